The summed E-state index contributed by atoms with van der Waals surface area (Å²) in [5, 5.41) is 0.774. The Kier molecular flexibility index (Phi) is 3.49. The highest BCUT2D eigenvalue weighted by atomic mass is 35.5. The van der Waals surface area contributed by atoms with Gasteiger partial charge in [0.1, 0.15) is 11.9 Å². The van der Waals surface area contributed by atoms with E-state index in [1.807, 2.05) is 32.3 Å². The van der Waals surface area contributed by atoms with Crippen LogP contribution in [-0.2, 0) is 6.42 Å². The van der Waals surface area contributed by atoms with Crippen LogP contribution >= 0.6 is 11.6 Å². The second-order valence-corrected chi connectivity index (χ2v) is 5.65. The van der Waals surface area contributed by atoms with E-state index < -0.39 is 0 Å². The maximum Gasteiger partial charge on any atom is 0.104 e. The first kappa shape index (κ1) is 13.2. The van der Waals surface area contributed by atoms with Crippen molar-refractivity contribution in [2.45, 2.75) is 12.5 Å². The van der Waals surface area contributed by atoms with Gasteiger partial charge in [-0.1, -0.05) is 54.1 Å². The minimum absolute atomic E-state index is 0.00829. The minimum Gasteiger partial charge on any atom is -0.366 e. The van der Waals surface area contributed by atoms with Crippen molar-refractivity contribution >= 4 is 17.4 Å². The summed E-state index contributed by atoms with van der Waals surface area (Å²) in [7, 11) is 4.08. The van der Waals surface area contributed by atoms with Gasteiger partial charge in [0.15, 0.2) is 0 Å². The Labute approximate surface area is 124 Å². The zero-order chi connectivity index (χ0) is 14.1. The van der Waals surface area contributed by atoms with Crippen molar-refractivity contribution in [3.8, 4) is 0 Å². The maximum absolute atomic E-state index is 6.37. The molecule has 2 nitrogen and oxygen atoms in total. The molecular formula is C17H17ClN2. The molecule has 2 aromatic carbocycles. The zero-order valence-corrected chi connectivity index (χ0v) is 12.4. The molecule has 1 atom stereocenters. The highest BCUT2D eigenvalue weighted by Gasteiger charge is 2.24. The van der Waals surface area contributed by atoms with E-state index in [2.05, 4.69) is 35.2 Å². The molecule has 0 fully saturated rings. The van der Waals surface area contributed by atoms with Crippen molar-refractivity contribution < 1.29 is 0 Å². The number of hydrogen-bond donors (Lipinski definition) is 0. The van der Waals surface area contributed by atoms with Crippen molar-refractivity contribution in [3.63, 3.8) is 0 Å². The van der Waals surface area contributed by atoms with Crippen molar-refractivity contribution in [3.05, 3.63) is 70.2 Å². The smallest absolute Gasteiger partial charge is 0.104 e. The largest absolute Gasteiger partial charge is 0.366 e. The van der Waals surface area contributed by atoms with Crippen LogP contribution < -0.4 is 0 Å². The van der Waals surface area contributed by atoms with Crippen molar-refractivity contribution in [2.75, 3.05) is 14.1 Å². The van der Waals surface area contributed by atoms with Gasteiger partial charge in [-0.2, -0.15) is 0 Å². The molecule has 1 aliphatic heterocycles. The molecule has 102 valence electrons. The van der Waals surface area contributed by atoms with Crippen LogP contribution in [0.25, 0.3) is 0 Å². The summed E-state index contributed by atoms with van der Waals surface area (Å²) in [5.74, 6) is 1.09. The molecule has 0 aromatic heterocycles. The summed E-state index contributed by atoms with van der Waals surface area (Å²) in [6.07, 6.45) is 0.879. The highest BCUT2D eigenvalue weighted by Crippen LogP contribution is 2.36. The first-order valence-corrected chi connectivity index (χ1v) is 7.11. The molecule has 0 saturated carbocycles. The Bertz CT molecular complexity index is 662. The highest BCUT2D eigenvalue weighted by molar-refractivity contribution is 6.31. The Morgan fingerprint density at radius 2 is 1.65 bits per heavy atom. The second-order valence-electron chi connectivity index (χ2n) is 5.24. The molecule has 0 radical (unpaired) electrons. The molecule has 1 unspecified atom stereocenters. The number of halogens is 1. The van der Waals surface area contributed by atoms with Crippen LogP contribution in [0.2, 0.25) is 5.02 Å². The lowest BCUT2D eigenvalue weighted by atomic mass is 9.90. The van der Waals surface area contributed by atoms with Gasteiger partial charge in [-0.15, -0.1) is 0 Å². The lowest BCUT2D eigenvalue weighted by Crippen LogP contribution is -2.28. The quantitative estimate of drug-likeness (QED) is 0.774. The Balaban J connectivity index is 2.15. The number of amidine groups is 1. The fourth-order valence-electron chi connectivity index (χ4n) is 2.60. The topological polar surface area (TPSA) is 15.6 Å². The zero-order valence-electron chi connectivity index (χ0n) is 11.7. The molecular weight excluding hydrogens is 268 g/mol. The van der Waals surface area contributed by atoms with Crippen LogP contribution in [-0.4, -0.2) is 24.8 Å². The van der Waals surface area contributed by atoms with Crippen LogP contribution in [0.5, 0.6) is 0 Å². The van der Waals surface area contributed by atoms with E-state index in [1.54, 1.807) is 0 Å². The summed E-state index contributed by atoms with van der Waals surface area (Å²) in [5.41, 5.74) is 3.66. The van der Waals surface area contributed by atoms with Gasteiger partial charge in [0.25, 0.3) is 0 Å². The Morgan fingerprint density at radius 1 is 1.00 bits per heavy atom. The van der Waals surface area contributed by atoms with Crippen LogP contribution in [0.3, 0.4) is 0 Å². The molecule has 0 N–H and O–H groups in total. The van der Waals surface area contributed by atoms with Crippen LogP contribution in [0, 0.1) is 0 Å². The van der Waals surface area contributed by atoms with Gasteiger partial charge in [0.2, 0.25) is 0 Å². The molecule has 20 heavy (non-hydrogen) atoms. The van der Waals surface area contributed by atoms with Gasteiger partial charge in [0, 0.05) is 25.5 Å². The monoisotopic (exact) mass is 284 g/mol. The van der Waals surface area contributed by atoms with Crippen LogP contribution in [0.1, 0.15) is 22.7 Å². The SMILES string of the molecule is CN(C)C1=NC(c2ccccc2Cl)c2ccccc2C1. The van der Waals surface area contributed by atoms with Crippen LogP contribution in [0.15, 0.2) is 53.5 Å². The molecule has 3 rings (SSSR count). The summed E-state index contributed by atoms with van der Waals surface area (Å²) < 4.78 is 0. The average Bonchev–Trinajstić information content (AvgIpc) is 2.46. The molecule has 0 spiro atoms. The van der Waals surface area contributed by atoms with E-state index in [4.69, 9.17) is 16.6 Å². The Morgan fingerprint density at radius 3 is 2.35 bits per heavy atom. The second kappa shape index (κ2) is 5.29. The summed E-state index contributed by atoms with van der Waals surface area (Å²) in [6.45, 7) is 0. The summed E-state index contributed by atoms with van der Waals surface area (Å²) in [4.78, 5) is 6.99. The number of hydrogen-bond acceptors (Lipinski definition) is 2. The number of fused-ring (bicyclic) bond motifs is 1. The average molecular weight is 285 g/mol. The molecule has 1 heterocycles. The lowest BCUT2D eigenvalue weighted by molar-refractivity contribution is 0.592. The number of benzene rings is 2. The van der Waals surface area contributed by atoms with E-state index in [0.29, 0.717) is 0 Å². The van der Waals surface area contributed by atoms with Gasteiger partial charge in [-0.05, 0) is 22.8 Å². The molecule has 1 aliphatic rings. The first-order chi connectivity index (χ1) is 9.66. The van der Waals surface area contributed by atoms with Crippen LogP contribution in [0.4, 0.5) is 0 Å². The van der Waals surface area contributed by atoms with E-state index in [9.17, 15) is 0 Å². The molecule has 0 aliphatic carbocycles. The fraction of sp³-hybridized carbons (Fsp3) is 0.235. The molecule has 0 amide bonds. The lowest BCUT2D eigenvalue weighted by Gasteiger charge is -2.28. The minimum atomic E-state index is -0.00829. The first-order valence-electron chi connectivity index (χ1n) is 6.73. The standard InChI is InChI=1S/C17H17ClN2/c1-20(2)16-11-12-7-3-4-8-13(12)17(19-16)14-9-5-6-10-15(14)18/h3-10,17H,11H2,1-2H3. The number of rotatable bonds is 1. The van der Waals surface area contributed by atoms with Gasteiger partial charge >= 0.3 is 0 Å². The third-order valence-corrected chi connectivity index (χ3v) is 4.04. The summed E-state index contributed by atoms with van der Waals surface area (Å²) >= 11 is 6.37. The van der Waals surface area contributed by atoms with E-state index in [0.717, 1.165) is 22.8 Å². The van der Waals surface area contributed by atoms with E-state index in [-0.39, 0.29) is 6.04 Å². The molecule has 0 bridgehead atoms. The van der Waals surface area contributed by atoms with E-state index >= 15 is 0 Å². The van der Waals surface area contributed by atoms with Crippen molar-refractivity contribution in [1.29, 1.82) is 0 Å². The van der Waals surface area contributed by atoms with Gasteiger partial charge < -0.3 is 4.90 Å². The molecule has 2 aromatic rings. The fourth-order valence-corrected chi connectivity index (χ4v) is 2.84. The van der Waals surface area contributed by atoms with Gasteiger partial charge in [0.05, 0.1) is 0 Å². The maximum atomic E-state index is 6.37. The van der Waals surface area contributed by atoms with Crippen molar-refractivity contribution in [1.82, 2.24) is 4.90 Å². The normalized spacial score (nSPS) is 17.4. The van der Waals surface area contributed by atoms with Gasteiger partial charge in [-0.25, -0.2) is 0 Å². The summed E-state index contributed by atoms with van der Waals surface area (Å²) in [6, 6.07) is 16.4. The number of aliphatic imine (C=N–C) groups is 1. The van der Waals surface area contributed by atoms with E-state index in [1.165, 1.54) is 11.1 Å². The third kappa shape index (κ3) is 2.32. The number of likely N-dealkylation sites (N-methyl/N-ethyl adjacent to an activating group) is 1. The molecule has 3 heteroatoms. The third-order valence-electron chi connectivity index (χ3n) is 3.69. The van der Waals surface area contributed by atoms with Crippen molar-refractivity contribution in [2.24, 2.45) is 4.99 Å². The predicted molar refractivity (Wildman–Crippen MR) is 84.6 cm³/mol. The van der Waals surface area contributed by atoms with Gasteiger partial charge in [-0.3, -0.25) is 4.99 Å². The Hall–Kier alpha value is -1.80. The molecule has 0 saturated heterocycles. The number of nitrogens with zero attached hydrogens (tertiary/aromatic N) is 2. The predicted octanol–water partition coefficient (Wildman–Crippen LogP) is 3.95.